The van der Waals surface area contributed by atoms with E-state index < -0.39 is 5.97 Å². The molecule has 0 unspecified atom stereocenters. The quantitative estimate of drug-likeness (QED) is 0.608. The standard InChI is InChI=1S/C12H14O3/c1-3-10(12(13)14)8-15-11-6-4-9(2)5-7-11/h4-8H,3H2,1-2H3,(H,13,14)/b10-8+. The molecule has 3 nitrogen and oxygen atoms in total. The topological polar surface area (TPSA) is 46.5 Å². The predicted octanol–water partition coefficient (Wildman–Crippen LogP) is 2.75. The van der Waals surface area contributed by atoms with Gasteiger partial charge >= 0.3 is 5.97 Å². The normalized spacial score (nSPS) is 11.2. The molecule has 0 bridgehead atoms. The van der Waals surface area contributed by atoms with Crippen molar-refractivity contribution in [1.82, 2.24) is 0 Å². The van der Waals surface area contributed by atoms with Crippen LogP contribution in [0.4, 0.5) is 0 Å². The summed E-state index contributed by atoms with van der Waals surface area (Å²) in [6.07, 6.45) is 1.73. The van der Waals surface area contributed by atoms with Gasteiger partial charge in [-0.2, -0.15) is 0 Å². The molecule has 0 fully saturated rings. The fourth-order valence-electron chi connectivity index (χ4n) is 1.04. The zero-order valence-corrected chi connectivity index (χ0v) is 8.86. The molecule has 0 saturated carbocycles. The molecular weight excluding hydrogens is 192 g/mol. The molecule has 0 radical (unpaired) electrons. The predicted molar refractivity (Wildman–Crippen MR) is 57.8 cm³/mol. The molecule has 0 atom stereocenters. The van der Waals surface area contributed by atoms with E-state index in [-0.39, 0.29) is 5.57 Å². The van der Waals surface area contributed by atoms with E-state index in [0.29, 0.717) is 12.2 Å². The fourth-order valence-corrected chi connectivity index (χ4v) is 1.04. The molecule has 1 aromatic carbocycles. The summed E-state index contributed by atoms with van der Waals surface area (Å²) in [6.45, 7) is 3.76. The fraction of sp³-hybridized carbons (Fsp3) is 0.250. The van der Waals surface area contributed by atoms with E-state index >= 15 is 0 Å². The van der Waals surface area contributed by atoms with Crippen LogP contribution in [0.25, 0.3) is 0 Å². The van der Waals surface area contributed by atoms with Crippen LogP contribution in [0.1, 0.15) is 18.9 Å². The van der Waals surface area contributed by atoms with Crippen molar-refractivity contribution in [2.75, 3.05) is 0 Å². The minimum Gasteiger partial charge on any atom is -0.478 e. The van der Waals surface area contributed by atoms with Crippen LogP contribution in [-0.4, -0.2) is 11.1 Å². The van der Waals surface area contributed by atoms with Gasteiger partial charge < -0.3 is 9.84 Å². The molecule has 15 heavy (non-hydrogen) atoms. The average Bonchev–Trinajstić information content (AvgIpc) is 2.21. The van der Waals surface area contributed by atoms with Crippen LogP contribution >= 0.6 is 0 Å². The SMILES string of the molecule is CC/C(=C\Oc1ccc(C)cc1)C(=O)O. The first-order valence-corrected chi connectivity index (χ1v) is 4.79. The number of hydrogen-bond donors (Lipinski definition) is 1. The van der Waals surface area contributed by atoms with Crippen LogP contribution in [-0.2, 0) is 4.79 Å². The monoisotopic (exact) mass is 206 g/mol. The third-order valence-electron chi connectivity index (χ3n) is 2.01. The lowest BCUT2D eigenvalue weighted by molar-refractivity contribution is -0.132. The molecule has 0 spiro atoms. The van der Waals surface area contributed by atoms with Gasteiger partial charge in [-0.15, -0.1) is 0 Å². The summed E-state index contributed by atoms with van der Waals surface area (Å²) in [7, 11) is 0. The van der Waals surface area contributed by atoms with E-state index in [2.05, 4.69) is 0 Å². The maximum absolute atomic E-state index is 10.7. The van der Waals surface area contributed by atoms with Crippen molar-refractivity contribution in [3.8, 4) is 5.75 Å². The van der Waals surface area contributed by atoms with Crippen molar-refractivity contribution in [3.05, 3.63) is 41.7 Å². The number of hydrogen-bond acceptors (Lipinski definition) is 2. The number of aliphatic carboxylic acids is 1. The van der Waals surface area contributed by atoms with Crippen molar-refractivity contribution in [3.63, 3.8) is 0 Å². The molecule has 1 N–H and O–H groups in total. The van der Waals surface area contributed by atoms with Crippen molar-refractivity contribution < 1.29 is 14.6 Å². The average molecular weight is 206 g/mol. The zero-order chi connectivity index (χ0) is 11.3. The Bertz CT molecular complexity index is 363. The summed E-state index contributed by atoms with van der Waals surface area (Å²) in [5, 5.41) is 8.75. The highest BCUT2D eigenvalue weighted by atomic mass is 16.5. The lowest BCUT2D eigenvalue weighted by atomic mass is 10.2. The lowest BCUT2D eigenvalue weighted by Gasteiger charge is -2.02. The lowest BCUT2D eigenvalue weighted by Crippen LogP contribution is -2.00. The molecule has 80 valence electrons. The van der Waals surface area contributed by atoms with Gasteiger partial charge in [0.25, 0.3) is 0 Å². The Labute approximate surface area is 89.0 Å². The molecule has 1 aromatic rings. The summed E-state index contributed by atoms with van der Waals surface area (Å²) in [5.41, 5.74) is 1.40. The van der Waals surface area contributed by atoms with E-state index in [4.69, 9.17) is 9.84 Å². The second-order valence-electron chi connectivity index (χ2n) is 3.23. The Morgan fingerprint density at radius 1 is 1.40 bits per heavy atom. The number of carboxylic acid groups (broad SMARTS) is 1. The molecule has 0 aliphatic rings. The van der Waals surface area contributed by atoms with Crippen LogP contribution in [0.5, 0.6) is 5.75 Å². The van der Waals surface area contributed by atoms with E-state index in [0.717, 1.165) is 5.56 Å². The van der Waals surface area contributed by atoms with Gasteiger partial charge in [0.2, 0.25) is 0 Å². The molecule has 0 aliphatic carbocycles. The highest BCUT2D eigenvalue weighted by Crippen LogP contribution is 2.13. The minimum atomic E-state index is -0.940. The molecule has 0 amide bonds. The first kappa shape index (κ1) is 11.3. The Balaban J connectivity index is 2.70. The number of carbonyl (C=O) groups is 1. The smallest absolute Gasteiger partial charge is 0.334 e. The summed E-state index contributed by atoms with van der Waals surface area (Å²) >= 11 is 0. The Morgan fingerprint density at radius 2 is 2.00 bits per heavy atom. The van der Waals surface area contributed by atoms with Gasteiger partial charge in [-0.1, -0.05) is 24.6 Å². The van der Waals surface area contributed by atoms with Crippen LogP contribution in [0, 0.1) is 6.92 Å². The minimum absolute atomic E-state index is 0.260. The second-order valence-corrected chi connectivity index (χ2v) is 3.23. The van der Waals surface area contributed by atoms with E-state index in [9.17, 15) is 4.79 Å². The Morgan fingerprint density at radius 3 is 2.47 bits per heavy atom. The van der Waals surface area contributed by atoms with Crippen LogP contribution < -0.4 is 4.74 Å². The Kier molecular flexibility index (Phi) is 3.92. The third kappa shape index (κ3) is 3.46. The summed E-state index contributed by atoms with van der Waals surface area (Å²) in [6, 6.07) is 7.44. The maximum Gasteiger partial charge on any atom is 0.334 e. The van der Waals surface area contributed by atoms with Gasteiger partial charge in [-0.3, -0.25) is 0 Å². The summed E-state index contributed by atoms with van der Waals surface area (Å²) in [5.74, 6) is -0.294. The largest absolute Gasteiger partial charge is 0.478 e. The second kappa shape index (κ2) is 5.20. The molecule has 0 aliphatic heterocycles. The summed E-state index contributed by atoms with van der Waals surface area (Å²) < 4.78 is 5.23. The molecule has 0 heterocycles. The van der Waals surface area contributed by atoms with E-state index in [1.807, 2.05) is 19.1 Å². The van der Waals surface area contributed by atoms with Gasteiger partial charge in [0, 0.05) is 0 Å². The van der Waals surface area contributed by atoms with Crippen LogP contribution in [0.15, 0.2) is 36.1 Å². The van der Waals surface area contributed by atoms with E-state index in [1.165, 1.54) is 6.26 Å². The molecule has 0 aromatic heterocycles. The van der Waals surface area contributed by atoms with Gasteiger partial charge in [-0.05, 0) is 25.5 Å². The number of benzene rings is 1. The van der Waals surface area contributed by atoms with Gasteiger partial charge in [0.1, 0.15) is 12.0 Å². The van der Waals surface area contributed by atoms with Crippen molar-refractivity contribution in [2.24, 2.45) is 0 Å². The van der Waals surface area contributed by atoms with Crippen LogP contribution in [0.3, 0.4) is 0 Å². The van der Waals surface area contributed by atoms with Gasteiger partial charge in [0.15, 0.2) is 0 Å². The molecule has 0 saturated heterocycles. The van der Waals surface area contributed by atoms with Gasteiger partial charge in [0.05, 0.1) is 5.57 Å². The van der Waals surface area contributed by atoms with Crippen molar-refractivity contribution in [1.29, 1.82) is 0 Å². The highest BCUT2D eigenvalue weighted by molar-refractivity contribution is 5.86. The zero-order valence-electron chi connectivity index (χ0n) is 8.86. The Hall–Kier alpha value is -1.77. The first-order chi connectivity index (χ1) is 7.13. The number of ether oxygens (including phenoxy) is 1. The first-order valence-electron chi connectivity index (χ1n) is 4.79. The van der Waals surface area contributed by atoms with Crippen LogP contribution in [0.2, 0.25) is 0 Å². The maximum atomic E-state index is 10.7. The number of aryl methyl sites for hydroxylation is 1. The summed E-state index contributed by atoms with van der Waals surface area (Å²) in [4.78, 5) is 10.7. The molecule has 1 rings (SSSR count). The van der Waals surface area contributed by atoms with Gasteiger partial charge in [-0.25, -0.2) is 4.79 Å². The third-order valence-corrected chi connectivity index (χ3v) is 2.01. The van der Waals surface area contributed by atoms with Crippen molar-refractivity contribution in [2.45, 2.75) is 20.3 Å². The number of rotatable bonds is 4. The number of carboxylic acids is 1. The van der Waals surface area contributed by atoms with E-state index in [1.54, 1.807) is 19.1 Å². The molecular formula is C12H14O3. The van der Waals surface area contributed by atoms with Crippen molar-refractivity contribution >= 4 is 5.97 Å². The highest BCUT2D eigenvalue weighted by Gasteiger charge is 2.04. The molecule has 3 heteroatoms.